The van der Waals surface area contributed by atoms with Gasteiger partial charge in [-0.25, -0.2) is 4.79 Å². The normalized spacial score (nSPS) is 10.3. The van der Waals surface area contributed by atoms with Crippen LogP contribution in [0.25, 0.3) is 11.3 Å². The standard InChI is InChI=1S/C14H14O3S/c1-3-16-14(15)13-12(18-2)9-11(17-13)10-7-5-4-6-8-10/h4-9H,3H2,1-2H3. The van der Waals surface area contributed by atoms with E-state index in [1.165, 1.54) is 11.8 Å². The molecular formula is C14H14O3S. The monoisotopic (exact) mass is 262 g/mol. The number of thioether (sulfide) groups is 1. The molecule has 0 aliphatic rings. The molecule has 0 saturated carbocycles. The lowest BCUT2D eigenvalue weighted by molar-refractivity contribution is 0.0485. The lowest BCUT2D eigenvalue weighted by Crippen LogP contribution is -2.04. The van der Waals surface area contributed by atoms with Crippen molar-refractivity contribution in [1.29, 1.82) is 0 Å². The highest BCUT2D eigenvalue weighted by Crippen LogP contribution is 2.31. The van der Waals surface area contributed by atoms with E-state index in [0.717, 1.165) is 10.5 Å². The summed E-state index contributed by atoms with van der Waals surface area (Å²) < 4.78 is 10.6. The summed E-state index contributed by atoms with van der Waals surface area (Å²) in [6, 6.07) is 11.6. The zero-order valence-corrected chi connectivity index (χ0v) is 11.1. The topological polar surface area (TPSA) is 39.4 Å². The lowest BCUT2D eigenvalue weighted by atomic mass is 10.2. The van der Waals surface area contributed by atoms with Crippen molar-refractivity contribution in [3.63, 3.8) is 0 Å². The van der Waals surface area contributed by atoms with E-state index in [0.29, 0.717) is 12.4 Å². The van der Waals surface area contributed by atoms with E-state index in [1.54, 1.807) is 6.92 Å². The number of esters is 1. The fourth-order valence-electron chi connectivity index (χ4n) is 1.61. The molecule has 0 atom stereocenters. The minimum absolute atomic E-state index is 0.281. The number of benzene rings is 1. The van der Waals surface area contributed by atoms with Crippen LogP contribution in [0.3, 0.4) is 0 Å². The van der Waals surface area contributed by atoms with E-state index < -0.39 is 5.97 Å². The summed E-state index contributed by atoms with van der Waals surface area (Å²) in [7, 11) is 0. The number of furan rings is 1. The summed E-state index contributed by atoms with van der Waals surface area (Å²) in [5, 5.41) is 0. The van der Waals surface area contributed by atoms with E-state index in [2.05, 4.69) is 0 Å². The van der Waals surface area contributed by atoms with Crippen molar-refractivity contribution in [3.05, 3.63) is 42.2 Å². The van der Waals surface area contributed by atoms with Crippen molar-refractivity contribution in [2.45, 2.75) is 11.8 Å². The van der Waals surface area contributed by atoms with Gasteiger partial charge in [-0.3, -0.25) is 0 Å². The summed E-state index contributed by atoms with van der Waals surface area (Å²) in [5.41, 5.74) is 0.948. The number of carbonyl (C=O) groups excluding carboxylic acids is 1. The maximum atomic E-state index is 11.7. The van der Waals surface area contributed by atoms with Crippen LogP contribution < -0.4 is 0 Å². The van der Waals surface area contributed by atoms with Gasteiger partial charge >= 0.3 is 5.97 Å². The molecule has 1 aromatic heterocycles. The molecule has 94 valence electrons. The molecule has 3 nitrogen and oxygen atoms in total. The molecule has 0 radical (unpaired) electrons. The summed E-state index contributed by atoms with van der Waals surface area (Å²) in [4.78, 5) is 12.5. The molecule has 2 rings (SSSR count). The van der Waals surface area contributed by atoms with Gasteiger partial charge in [0.25, 0.3) is 0 Å². The van der Waals surface area contributed by atoms with Gasteiger partial charge in [-0.1, -0.05) is 30.3 Å². The molecule has 0 unspecified atom stereocenters. The first-order valence-electron chi connectivity index (χ1n) is 5.66. The Bertz CT molecular complexity index is 531. The van der Waals surface area contributed by atoms with Crippen molar-refractivity contribution in [2.24, 2.45) is 0 Å². The van der Waals surface area contributed by atoms with Gasteiger partial charge in [-0.15, -0.1) is 11.8 Å². The van der Waals surface area contributed by atoms with E-state index >= 15 is 0 Å². The van der Waals surface area contributed by atoms with Gasteiger partial charge in [0, 0.05) is 5.56 Å². The molecule has 0 spiro atoms. The van der Waals surface area contributed by atoms with Crippen molar-refractivity contribution in [2.75, 3.05) is 12.9 Å². The van der Waals surface area contributed by atoms with Crippen LogP contribution in [-0.2, 0) is 4.74 Å². The first-order chi connectivity index (χ1) is 8.76. The third-order valence-corrected chi connectivity index (χ3v) is 3.18. The minimum atomic E-state index is -0.413. The summed E-state index contributed by atoms with van der Waals surface area (Å²) in [6.07, 6.45) is 1.91. The summed E-state index contributed by atoms with van der Waals surface area (Å²) in [6.45, 7) is 2.12. The average Bonchev–Trinajstić information content (AvgIpc) is 2.84. The second kappa shape index (κ2) is 5.78. The molecule has 1 aromatic carbocycles. The van der Waals surface area contributed by atoms with Crippen molar-refractivity contribution in [1.82, 2.24) is 0 Å². The van der Waals surface area contributed by atoms with E-state index in [4.69, 9.17) is 9.15 Å². The summed E-state index contributed by atoms with van der Waals surface area (Å²) >= 11 is 1.47. The Labute approximate surface area is 110 Å². The van der Waals surface area contributed by atoms with Crippen LogP contribution in [-0.4, -0.2) is 18.8 Å². The van der Waals surface area contributed by atoms with E-state index in [-0.39, 0.29) is 5.76 Å². The zero-order chi connectivity index (χ0) is 13.0. The number of carbonyl (C=O) groups is 1. The molecule has 0 aliphatic heterocycles. The Kier molecular flexibility index (Phi) is 4.10. The highest BCUT2D eigenvalue weighted by atomic mass is 32.2. The Morgan fingerprint density at radius 2 is 2.06 bits per heavy atom. The van der Waals surface area contributed by atoms with Crippen molar-refractivity contribution < 1.29 is 13.9 Å². The fraction of sp³-hybridized carbons (Fsp3) is 0.214. The van der Waals surface area contributed by atoms with E-state index in [9.17, 15) is 4.79 Å². The van der Waals surface area contributed by atoms with Crippen molar-refractivity contribution in [3.8, 4) is 11.3 Å². The Morgan fingerprint density at radius 3 is 2.67 bits per heavy atom. The van der Waals surface area contributed by atoms with Crippen LogP contribution in [0.15, 0.2) is 45.7 Å². The predicted molar refractivity (Wildman–Crippen MR) is 71.9 cm³/mol. The van der Waals surface area contributed by atoms with Gasteiger partial charge in [0.05, 0.1) is 11.5 Å². The van der Waals surface area contributed by atoms with Gasteiger partial charge in [0.1, 0.15) is 5.76 Å². The summed E-state index contributed by atoms with van der Waals surface area (Å²) in [5.74, 6) is 0.551. The largest absolute Gasteiger partial charge is 0.460 e. The lowest BCUT2D eigenvalue weighted by Gasteiger charge is -1.99. The van der Waals surface area contributed by atoms with Crippen LogP contribution in [0.2, 0.25) is 0 Å². The number of ether oxygens (including phenoxy) is 1. The Balaban J connectivity index is 2.38. The molecule has 0 saturated heterocycles. The van der Waals surface area contributed by atoms with Gasteiger partial charge < -0.3 is 9.15 Å². The van der Waals surface area contributed by atoms with Crippen LogP contribution in [0.1, 0.15) is 17.5 Å². The Morgan fingerprint density at radius 1 is 1.33 bits per heavy atom. The van der Waals surface area contributed by atoms with Crippen LogP contribution in [0, 0.1) is 0 Å². The molecule has 0 amide bonds. The molecule has 4 heteroatoms. The van der Waals surface area contributed by atoms with E-state index in [1.807, 2.05) is 42.7 Å². The minimum Gasteiger partial charge on any atom is -0.460 e. The SMILES string of the molecule is CCOC(=O)c1oc(-c2ccccc2)cc1SC. The third kappa shape index (κ3) is 2.59. The maximum absolute atomic E-state index is 11.7. The third-order valence-electron chi connectivity index (χ3n) is 2.44. The van der Waals surface area contributed by atoms with Crippen LogP contribution >= 0.6 is 11.8 Å². The highest BCUT2D eigenvalue weighted by molar-refractivity contribution is 7.98. The molecule has 2 aromatic rings. The second-order valence-corrected chi connectivity index (χ2v) is 4.44. The van der Waals surface area contributed by atoms with Gasteiger partial charge in [0.15, 0.2) is 0 Å². The van der Waals surface area contributed by atoms with Crippen molar-refractivity contribution >= 4 is 17.7 Å². The molecule has 0 N–H and O–H groups in total. The van der Waals surface area contributed by atoms with Crippen LogP contribution in [0.4, 0.5) is 0 Å². The molecule has 18 heavy (non-hydrogen) atoms. The molecular weight excluding hydrogens is 248 g/mol. The molecule has 1 heterocycles. The quantitative estimate of drug-likeness (QED) is 0.620. The number of hydrogen-bond donors (Lipinski definition) is 0. The first kappa shape index (κ1) is 12.8. The Hall–Kier alpha value is -1.68. The second-order valence-electron chi connectivity index (χ2n) is 3.59. The van der Waals surface area contributed by atoms with Crippen LogP contribution in [0.5, 0.6) is 0 Å². The van der Waals surface area contributed by atoms with Gasteiger partial charge in [0.2, 0.25) is 5.76 Å². The fourth-order valence-corrected chi connectivity index (χ4v) is 2.14. The average molecular weight is 262 g/mol. The van der Waals surface area contributed by atoms with Gasteiger partial charge in [-0.2, -0.15) is 0 Å². The molecule has 0 aliphatic carbocycles. The first-order valence-corrected chi connectivity index (χ1v) is 6.89. The highest BCUT2D eigenvalue weighted by Gasteiger charge is 2.19. The zero-order valence-electron chi connectivity index (χ0n) is 10.3. The number of rotatable bonds is 4. The molecule has 0 fully saturated rings. The smallest absolute Gasteiger partial charge is 0.375 e. The predicted octanol–water partition coefficient (Wildman–Crippen LogP) is 3.85. The maximum Gasteiger partial charge on any atom is 0.375 e. The molecule has 0 bridgehead atoms. The number of hydrogen-bond acceptors (Lipinski definition) is 4. The van der Waals surface area contributed by atoms with Gasteiger partial charge in [-0.05, 0) is 19.2 Å².